The van der Waals surface area contributed by atoms with Crippen LogP contribution in [0.2, 0.25) is 0 Å². The predicted molar refractivity (Wildman–Crippen MR) is 109 cm³/mol. The summed E-state index contributed by atoms with van der Waals surface area (Å²) in [7, 11) is 6.40. The van der Waals surface area contributed by atoms with Crippen molar-refractivity contribution >= 4 is 10.9 Å². The van der Waals surface area contributed by atoms with Crippen LogP contribution in [0.5, 0.6) is 23.0 Å². The zero-order chi connectivity index (χ0) is 20.3. The molecule has 0 fully saturated rings. The quantitative estimate of drug-likeness (QED) is 0.665. The van der Waals surface area contributed by atoms with Crippen molar-refractivity contribution in [2.75, 3.05) is 28.4 Å². The third-order valence-electron chi connectivity index (χ3n) is 4.84. The van der Waals surface area contributed by atoms with Gasteiger partial charge in [-0.2, -0.15) is 0 Å². The molecular formula is C22H25NO5. The van der Waals surface area contributed by atoms with E-state index < -0.39 is 0 Å². The average molecular weight is 383 g/mol. The van der Waals surface area contributed by atoms with E-state index in [-0.39, 0.29) is 6.61 Å². The fourth-order valence-corrected chi connectivity index (χ4v) is 3.46. The van der Waals surface area contributed by atoms with Crippen molar-refractivity contribution in [3.05, 3.63) is 41.6 Å². The molecule has 1 N–H and O–H groups in total. The maximum atomic E-state index is 10.2. The summed E-state index contributed by atoms with van der Waals surface area (Å²) in [6, 6.07) is 9.47. The normalized spacial score (nSPS) is 10.8. The van der Waals surface area contributed by atoms with Gasteiger partial charge in [0, 0.05) is 22.7 Å². The highest BCUT2D eigenvalue weighted by Gasteiger charge is 2.19. The summed E-state index contributed by atoms with van der Waals surface area (Å²) in [6.07, 6.45) is 0.695. The van der Waals surface area contributed by atoms with Gasteiger partial charge >= 0.3 is 0 Å². The number of aromatic nitrogens is 1. The standard InChI is InChI=1S/C22H25NO5/c1-6-16-15(12-24)22(13-7-8-18(25-2)19(9-13)26-3)14-10-20(27-4)21(28-5)11-17(14)23-16/h7-11,24H,6,12H2,1-5H3. The molecule has 1 heterocycles. The topological polar surface area (TPSA) is 70.0 Å². The van der Waals surface area contributed by atoms with Gasteiger partial charge in [-0.15, -0.1) is 0 Å². The number of benzene rings is 2. The van der Waals surface area contributed by atoms with Gasteiger partial charge in [0.1, 0.15) is 0 Å². The molecule has 0 saturated carbocycles. The van der Waals surface area contributed by atoms with Gasteiger partial charge in [-0.25, -0.2) is 0 Å². The molecule has 148 valence electrons. The second-order valence-corrected chi connectivity index (χ2v) is 6.22. The Balaban J connectivity index is 2.41. The van der Waals surface area contributed by atoms with E-state index in [9.17, 15) is 5.11 Å². The van der Waals surface area contributed by atoms with Gasteiger partial charge in [0.15, 0.2) is 23.0 Å². The molecule has 2 aromatic carbocycles. The Kier molecular flexibility index (Phi) is 5.90. The van der Waals surface area contributed by atoms with Crippen LogP contribution in [0.25, 0.3) is 22.0 Å². The number of aliphatic hydroxyl groups excluding tert-OH is 1. The molecule has 1 aromatic heterocycles. The van der Waals surface area contributed by atoms with Crippen LogP contribution in [0.1, 0.15) is 18.2 Å². The number of rotatable bonds is 7. The van der Waals surface area contributed by atoms with Gasteiger partial charge in [0.05, 0.1) is 40.6 Å². The Morgan fingerprint density at radius 3 is 2.00 bits per heavy atom. The molecule has 0 bridgehead atoms. The Morgan fingerprint density at radius 2 is 1.43 bits per heavy atom. The molecule has 0 radical (unpaired) electrons. The lowest BCUT2D eigenvalue weighted by Crippen LogP contribution is -2.03. The first-order chi connectivity index (χ1) is 13.6. The number of pyridine rings is 1. The van der Waals surface area contributed by atoms with Crippen LogP contribution < -0.4 is 18.9 Å². The number of aryl methyl sites for hydroxylation is 1. The van der Waals surface area contributed by atoms with Crippen LogP contribution in [0.4, 0.5) is 0 Å². The van der Waals surface area contributed by atoms with Crippen molar-refractivity contribution in [2.45, 2.75) is 20.0 Å². The molecule has 3 rings (SSSR count). The third kappa shape index (κ3) is 3.31. The Hall–Kier alpha value is -2.99. The highest BCUT2D eigenvalue weighted by molar-refractivity contribution is 5.98. The lowest BCUT2D eigenvalue weighted by molar-refractivity contribution is 0.281. The van der Waals surface area contributed by atoms with Crippen molar-refractivity contribution in [3.63, 3.8) is 0 Å². The first-order valence-corrected chi connectivity index (χ1v) is 9.02. The van der Waals surface area contributed by atoms with Crippen molar-refractivity contribution in [1.29, 1.82) is 0 Å². The van der Waals surface area contributed by atoms with Crippen molar-refractivity contribution in [1.82, 2.24) is 4.98 Å². The number of nitrogens with zero attached hydrogens (tertiary/aromatic N) is 1. The molecule has 0 saturated heterocycles. The summed E-state index contributed by atoms with van der Waals surface area (Å²) in [5.41, 5.74) is 4.19. The lowest BCUT2D eigenvalue weighted by atomic mass is 9.93. The first-order valence-electron chi connectivity index (χ1n) is 9.02. The number of methoxy groups -OCH3 is 4. The van der Waals surface area contributed by atoms with Crippen molar-refractivity contribution in [3.8, 4) is 34.1 Å². The summed E-state index contributed by atoms with van der Waals surface area (Å²) in [6.45, 7) is 1.90. The van der Waals surface area contributed by atoms with E-state index in [2.05, 4.69) is 0 Å². The molecule has 0 atom stereocenters. The van der Waals surface area contributed by atoms with Crippen LogP contribution in [-0.2, 0) is 13.0 Å². The second kappa shape index (κ2) is 8.35. The summed E-state index contributed by atoms with van der Waals surface area (Å²) in [5.74, 6) is 2.48. The molecule has 0 aliphatic rings. The minimum atomic E-state index is -0.121. The fraction of sp³-hybridized carbons (Fsp3) is 0.318. The number of hydrogen-bond donors (Lipinski definition) is 1. The van der Waals surface area contributed by atoms with E-state index in [1.807, 2.05) is 37.3 Å². The molecule has 0 aliphatic carbocycles. The zero-order valence-corrected chi connectivity index (χ0v) is 16.8. The molecule has 6 heteroatoms. The minimum absolute atomic E-state index is 0.121. The lowest BCUT2D eigenvalue weighted by Gasteiger charge is -2.18. The van der Waals surface area contributed by atoms with E-state index in [1.54, 1.807) is 28.4 Å². The van der Waals surface area contributed by atoms with Gasteiger partial charge in [-0.3, -0.25) is 4.98 Å². The molecule has 6 nitrogen and oxygen atoms in total. The second-order valence-electron chi connectivity index (χ2n) is 6.22. The monoisotopic (exact) mass is 383 g/mol. The van der Waals surface area contributed by atoms with Gasteiger partial charge in [-0.1, -0.05) is 13.0 Å². The van der Waals surface area contributed by atoms with E-state index in [0.717, 1.165) is 33.3 Å². The molecule has 0 unspecified atom stereocenters. The minimum Gasteiger partial charge on any atom is -0.493 e. The first kappa shape index (κ1) is 19.8. The summed E-state index contributed by atoms with van der Waals surface area (Å²) >= 11 is 0. The van der Waals surface area contributed by atoms with Gasteiger partial charge in [0.25, 0.3) is 0 Å². The summed E-state index contributed by atoms with van der Waals surface area (Å²) in [5, 5.41) is 11.0. The van der Waals surface area contributed by atoms with E-state index in [0.29, 0.717) is 29.4 Å². The van der Waals surface area contributed by atoms with Crippen LogP contribution >= 0.6 is 0 Å². The highest BCUT2D eigenvalue weighted by Crippen LogP contribution is 2.41. The maximum Gasteiger partial charge on any atom is 0.162 e. The van der Waals surface area contributed by atoms with Crippen LogP contribution in [0.15, 0.2) is 30.3 Å². The number of aliphatic hydroxyl groups is 1. The number of ether oxygens (including phenoxy) is 4. The van der Waals surface area contributed by atoms with E-state index >= 15 is 0 Å². The highest BCUT2D eigenvalue weighted by atomic mass is 16.5. The molecular weight excluding hydrogens is 358 g/mol. The number of hydrogen-bond acceptors (Lipinski definition) is 6. The molecule has 3 aromatic rings. The number of fused-ring (bicyclic) bond motifs is 1. The molecule has 0 spiro atoms. The van der Waals surface area contributed by atoms with Crippen molar-refractivity contribution < 1.29 is 24.1 Å². The molecule has 0 aliphatic heterocycles. The van der Waals surface area contributed by atoms with Gasteiger partial charge < -0.3 is 24.1 Å². The van der Waals surface area contributed by atoms with Crippen molar-refractivity contribution in [2.24, 2.45) is 0 Å². The van der Waals surface area contributed by atoms with Crippen LogP contribution in [0, 0.1) is 0 Å². The van der Waals surface area contributed by atoms with Crippen LogP contribution in [0.3, 0.4) is 0 Å². The Labute approximate surface area is 164 Å². The predicted octanol–water partition coefficient (Wildman–Crippen LogP) is 3.99. The Bertz CT molecular complexity index is 995. The molecule has 28 heavy (non-hydrogen) atoms. The van der Waals surface area contributed by atoms with E-state index in [4.69, 9.17) is 23.9 Å². The molecule has 0 amide bonds. The third-order valence-corrected chi connectivity index (χ3v) is 4.84. The fourth-order valence-electron chi connectivity index (χ4n) is 3.46. The average Bonchev–Trinajstić information content (AvgIpc) is 2.75. The summed E-state index contributed by atoms with van der Waals surface area (Å²) < 4.78 is 21.8. The Morgan fingerprint density at radius 1 is 0.821 bits per heavy atom. The largest absolute Gasteiger partial charge is 0.493 e. The summed E-state index contributed by atoms with van der Waals surface area (Å²) in [4.78, 5) is 4.76. The van der Waals surface area contributed by atoms with Gasteiger partial charge in [0.2, 0.25) is 0 Å². The smallest absolute Gasteiger partial charge is 0.162 e. The zero-order valence-electron chi connectivity index (χ0n) is 16.8. The van der Waals surface area contributed by atoms with Gasteiger partial charge in [-0.05, 0) is 35.7 Å². The SMILES string of the molecule is CCc1nc2cc(OC)c(OC)cc2c(-c2ccc(OC)c(OC)c2)c1CO. The maximum absolute atomic E-state index is 10.2. The van der Waals surface area contributed by atoms with E-state index in [1.165, 1.54) is 0 Å². The van der Waals surface area contributed by atoms with Crippen LogP contribution in [-0.4, -0.2) is 38.5 Å².